The summed E-state index contributed by atoms with van der Waals surface area (Å²) in [7, 11) is 0. The normalized spacial score (nSPS) is 14.6. The van der Waals surface area contributed by atoms with E-state index in [1.807, 2.05) is 0 Å². The zero-order chi connectivity index (χ0) is 27.1. The highest BCUT2D eigenvalue weighted by Crippen LogP contribution is 2.32. The van der Waals surface area contributed by atoms with Crippen LogP contribution in [-0.4, -0.2) is 39.1 Å². The number of benzene rings is 2. The molecule has 1 amide bonds. The first-order valence-corrected chi connectivity index (χ1v) is 11.3. The van der Waals surface area contributed by atoms with Gasteiger partial charge >= 0.3 is 11.9 Å². The van der Waals surface area contributed by atoms with Gasteiger partial charge in [-0.1, -0.05) is 0 Å². The Kier molecular flexibility index (Phi) is 7.09. The molecule has 0 aliphatic carbocycles. The van der Waals surface area contributed by atoms with Crippen LogP contribution in [0.1, 0.15) is 40.7 Å². The standard InChI is InChI=1S/C24H23F5N4O4/c1-12-7-15(25)8-13(2)21(12)30-22(34)16-9-17(26)18(10-19(16)37-14(3)24(27,28)29)33-23(35)32-5-4-6-36-11-20(32)31-33/h7-10,14H,4-6,11H2,1-3H3,(H,30,34)/t14-/m0/s1. The topological polar surface area (TPSA) is 87.4 Å². The summed E-state index contributed by atoms with van der Waals surface area (Å²) in [6.07, 6.45) is -6.65. The SMILES string of the molecule is Cc1cc(F)cc(C)c1NC(=O)c1cc(F)c(-n2nc3n(c2=O)CCCOC3)cc1O[C@@H](C)C(F)(F)F. The van der Waals surface area contributed by atoms with E-state index in [-0.39, 0.29) is 24.7 Å². The smallest absolute Gasteiger partial charge is 0.425 e. The van der Waals surface area contributed by atoms with Crippen LogP contribution in [0.15, 0.2) is 29.1 Å². The second kappa shape index (κ2) is 9.96. The summed E-state index contributed by atoms with van der Waals surface area (Å²) >= 11 is 0. The van der Waals surface area contributed by atoms with Crippen LogP contribution in [-0.2, 0) is 17.9 Å². The third-order valence-corrected chi connectivity index (χ3v) is 5.86. The number of hydrogen-bond donors (Lipinski definition) is 1. The number of aromatic nitrogens is 3. The molecule has 13 heteroatoms. The summed E-state index contributed by atoms with van der Waals surface area (Å²) in [5.74, 6) is -3.03. The van der Waals surface area contributed by atoms with Crippen LogP contribution < -0.4 is 15.7 Å². The summed E-state index contributed by atoms with van der Waals surface area (Å²) < 4.78 is 81.2. The van der Waals surface area contributed by atoms with Crippen LogP contribution in [0.2, 0.25) is 0 Å². The minimum absolute atomic E-state index is 0.00478. The van der Waals surface area contributed by atoms with Gasteiger partial charge < -0.3 is 14.8 Å². The number of nitrogens with zero attached hydrogens (tertiary/aromatic N) is 3. The van der Waals surface area contributed by atoms with Crippen LogP contribution in [0.4, 0.5) is 27.6 Å². The number of fused-ring (bicyclic) bond motifs is 1. The molecular weight excluding hydrogens is 503 g/mol. The second-order valence-corrected chi connectivity index (χ2v) is 8.64. The van der Waals surface area contributed by atoms with Crippen LogP contribution >= 0.6 is 0 Å². The number of nitrogens with one attached hydrogen (secondary N) is 1. The Labute approximate surface area is 207 Å². The first kappa shape index (κ1) is 26.3. The predicted molar refractivity (Wildman–Crippen MR) is 122 cm³/mol. The van der Waals surface area contributed by atoms with Crippen molar-refractivity contribution in [3.05, 3.63) is 68.9 Å². The number of amides is 1. The summed E-state index contributed by atoms with van der Waals surface area (Å²) in [6, 6.07) is 3.82. The van der Waals surface area contributed by atoms with E-state index >= 15 is 4.39 Å². The molecule has 37 heavy (non-hydrogen) atoms. The molecule has 0 spiro atoms. The van der Waals surface area contributed by atoms with E-state index in [0.717, 1.165) is 25.1 Å². The van der Waals surface area contributed by atoms with Gasteiger partial charge in [0.2, 0.25) is 0 Å². The molecule has 1 aliphatic rings. The van der Waals surface area contributed by atoms with Gasteiger partial charge in [0, 0.05) is 24.9 Å². The fraction of sp³-hybridized carbons (Fsp3) is 0.375. The summed E-state index contributed by atoms with van der Waals surface area (Å²) in [4.78, 5) is 26.0. The van der Waals surface area contributed by atoms with Gasteiger partial charge in [0.1, 0.15) is 29.7 Å². The Bertz CT molecular complexity index is 1390. The Morgan fingerprint density at radius 2 is 1.84 bits per heavy atom. The molecule has 0 bridgehead atoms. The van der Waals surface area contributed by atoms with E-state index in [1.54, 1.807) is 0 Å². The number of anilines is 1. The molecule has 0 saturated carbocycles. The molecule has 198 valence electrons. The zero-order valence-corrected chi connectivity index (χ0v) is 20.1. The van der Waals surface area contributed by atoms with Gasteiger partial charge in [0.25, 0.3) is 5.91 Å². The molecule has 3 aromatic rings. The van der Waals surface area contributed by atoms with Crippen LogP contribution in [0.3, 0.4) is 0 Å². The van der Waals surface area contributed by atoms with Crippen molar-refractivity contribution in [3.8, 4) is 11.4 Å². The number of aryl methyl sites for hydroxylation is 2. The Morgan fingerprint density at radius 3 is 2.49 bits per heavy atom. The van der Waals surface area contributed by atoms with Crippen LogP contribution in [0.5, 0.6) is 5.75 Å². The second-order valence-electron chi connectivity index (χ2n) is 8.64. The van der Waals surface area contributed by atoms with Crippen LogP contribution in [0, 0.1) is 25.5 Å². The molecule has 0 unspecified atom stereocenters. The van der Waals surface area contributed by atoms with Crippen molar-refractivity contribution in [1.82, 2.24) is 14.3 Å². The quantitative estimate of drug-likeness (QED) is 0.497. The van der Waals surface area contributed by atoms with Gasteiger partial charge in [-0.3, -0.25) is 9.36 Å². The van der Waals surface area contributed by atoms with Crippen molar-refractivity contribution in [2.24, 2.45) is 0 Å². The number of rotatable bonds is 5. The Morgan fingerprint density at radius 1 is 1.16 bits per heavy atom. The largest absolute Gasteiger partial charge is 0.480 e. The highest BCUT2D eigenvalue weighted by atomic mass is 19.4. The van der Waals surface area contributed by atoms with Gasteiger partial charge in [-0.2, -0.15) is 17.9 Å². The Balaban J connectivity index is 1.80. The number of halogens is 5. The summed E-state index contributed by atoms with van der Waals surface area (Å²) in [5, 5.41) is 6.55. The lowest BCUT2D eigenvalue weighted by atomic mass is 10.1. The van der Waals surface area contributed by atoms with E-state index in [1.165, 1.54) is 18.4 Å². The van der Waals surface area contributed by atoms with E-state index in [9.17, 15) is 27.2 Å². The molecular formula is C24H23F5N4O4. The number of carbonyl (C=O) groups is 1. The van der Waals surface area contributed by atoms with E-state index < -0.39 is 52.5 Å². The summed E-state index contributed by atoms with van der Waals surface area (Å²) in [5.41, 5.74) is -0.869. The highest BCUT2D eigenvalue weighted by Gasteiger charge is 2.39. The maximum absolute atomic E-state index is 15.3. The van der Waals surface area contributed by atoms with Crippen molar-refractivity contribution in [3.63, 3.8) is 0 Å². The van der Waals surface area contributed by atoms with Crippen molar-refractivity contribution in [2.45, 2.75) is 52.6 Å². The van der Waals surface area contributed by atoms with Crippen molar-refractivity contribution < 1.29 is 36.2 Å². The van der Waals surface area contributed by atoms with Crippen LogP contribution in [0.25, 0.3) is 5.69 Å². The maximum Gasteiger partial charge on any atom is 0.425 e. The molecule has 2 aromatic carbocycles. The van der Waals surface area contributed by atoms with Crippen molar-refractivity contribution in [1.29, 1.82) is 0 Å². The predicted octanol–water partition coefficient (Wildman–Crippen LogP) is 4.43. The molecule has 0 fully saturated rings. The monoisotopic (exact) mass is 526 g/mol. The molecule has 0 radical (unpaired) electrons. The average Bonchev–Trinajstić information content (AvgIpc) is 2.96. The van der Waals surface area contributed by atoms with E-state index in [2.05, 4.69) is 10.4 Å². The van der Waals surface area contributed by atoms with Crippen molar-refractivity contribution >= 4 is 11.6 Å². The first-order valence-electron chi connectivity index (χ1n) is 11.3. The molecule has 1 aliphatic heterocycles. The van der Waals surface area contributed by atoms with Crippen molar-refractivity contribution in [2.75, 3.05) is 11.9 Å². The molecule has 0 saturated heterocycles. The van der Waals surface area contributed by atoms with E-state index in [0.29, 0.717) is 34.9 Å². The zero-order valence-electron chi connectivity index (χ0n) is 20.1. The van der Waals surface area contributed by atoms with Gasteiger partial charge in [-0.25, -0.2) is 13.6 Å². The molecule has 1 aromatic heterocycles. The van der Waals surface area contributed by atoms with Gasteiger partial charge in [0.05, 0.1) is 5.56 Å². The summed E-state index contributed by atoms with van der Waals surface area (Å²) in [6.45, 7) is 4.44. The highest BCUT2D eigenvalue weighted by molar-refractivity contribution is 6.07. The third kappa shape index (κ3) is 5.36. The number of alkyl halides is 3. The minimum Gasteiger partial charge on any atom is -0.480 e. The number of carbonyl (C=O) groups excluding carboxylic acids is 1. The Hall–Kier alpha value is -3.74. The van der Waals surface area contributed by atoms with Gasteiger partial charge in [-0.05, 0) is 56.5 Å². The first-order chi connectivity index (χ1) is 17.4. The fourth-order valence-electron chi connectivity index (χ4n) is 3.94. The molecule has 1 atom stereocenters. The fourth-order valence-corrected chi connectivity index (χ4v) is 3.94. The van der Waals surface area contributed by atoms with Gasteiger partial charge in [0.15, 0.2) is 11.9 Å². The maximum atomic E-state index is 15.3. The lowest BCUT2D eigenvalue weighted by Gasteiger charge is -2.21. The lowest BCUT2D eigenvalue weighted by molar-refractivity contribution is -0.189. The molecule has 2 heterocycles. The molecule has 4 rings (SSSR count). The molecule has 1 N–H and O–H groups in total. The average molecular weight is 526 g/mol. The number of ether oxygens (including phenoxy) is 2. The lowest BCUT2D eigenvalue weighted by Crippen LogP contribution is -2.32. The third-order valence-electron chi connectivity index (χ3n) is 5.86. The van der Waals surface area contributed by atoms with Gasteiger partial charge in [-0.15, -0.1) is 5.10 Å². The molecule has 8 nitrogen and oxygen atoms in total. The minimum atomic E-state index is -4.80. The van der Waals surface area contributed by atoms with E-state index in [4.69, 9.17) is 9.47 Å². The number of hydrogen-bond acceptors (Lipinski definition) is 5.